The number of aliphatic carboxylic acids is 1. The topological polar surface area (TPSA) is 84.2 Å². The maximum Gasteiger partial charge on any atom is 0.305 e. The van der Waals surface area contributed by atoms with Crippen LogP contribution in [-0.4, -0.2) is 26.8 Å². The normalized spacial score (nSPS) is 11.9. The summed E-state index contributed by atoms with van der Waals surface area (Å²) in [7, 11) is 1.81. The molecule has 2 aromatic rings. The molecular formula is C16H18ClN3O3. The van der Waals surface area contributed by atoms with Gasteiger partial charge >= 0.3 is 5.97 Å². The van der Waals surface area contributed by atoms with Gasteiger partial charge in [0.15, 0.2) is 0 Å². The molecule has 0 spiro atoms. The number of carboxylic acids is 1. The Kier molecular flexibility index (Phi) is 5.76. The number of carboxylic acid groups (broad SMARTS) is 1. The third-order valence-corrected chi connectivity index (χ3v) is 3.74. The van der Waals surface area contributed by atoms with Gasteiger partial charge in [0, 0.05) is 24.7 Å². The maximum atomic E-state index is 12.1. The van der Waals surface area contributed by atoms with Gasteiger partial charge < -0.3 is 10.4 Å². The standard InChI is InChI=1S/C16H18ClN3O3/c1-20-10-11(9-18-20)6-7-15(21)19-14(8-16(22)23)12-4-2-3-5-13(12)17/h2-5,9-10,14H,6-8H2,1H3,(H,19,21)(H,22,23)/t14-/m0/s1. The van der Waals surface area contributed by atoms with Crippen LogP contribution in [0.15, 0.2) is 36.7 Å². The number of nitrogens with one attached hydrogen (secondary N) is 1. The minimum Gasteiger partial charge on any atom is -0.481 e. The Balaban J connectivity index is 2.01. The molecule has 0 saturated heterocycles. The molecule has 0 aliphatic carbocycles. The number of hydrogen-bond acceptors (Lipinski definition) is 3. The summed E-state index contributed by atoms with van der Waals surface area (Å²) in [6.07, 6.45) is 4.13. The molecule has 0 aliphatic heterocycles. The van der Waals surface area contributed by atoms with Crippen molar-refractivity contribution in [1.82, 2.24) is 15.1 Å². The minimum atomic E-state index is -0.998. The lowest BCUT2D eigenvalue weighted by molar-refractivity contribution is -0.137. The summed E-state index contributed by atoms with van der Waals surface area (Å²) < 4.78 is 1.67. The minimum absolute atomic E-state index is 0.220. The van der Waals surface area contributed by atoms with Crippen molar-refractivity contribution in [2.45, 2.75) is 25.3 Å². The number of nitrogens with zero attached hydrogens (tertiary/aromatic N) is 2. The number of aryl methyl sites for hydroxylation is 2. The molecule has 23 heavy (non-hydrogen) atoms. The molecule has 1 aromatic heterocycles. The molecule has 1 amide bonds. The Labute approximate surface area is 139 Å². The zero-order valence-electron chi connectivity index (χ0n) is 12.7. The Morgan fingerprint density at radius 1 is 1.39 bits per heavy atom. The van der Waals surface area contributed by atoms with Crippen molar-refractivity contribution in [3.05, 3.63) is 52.8 Å². The summed E-state index contributed by atoms with van der Waals surface area (Å²) in [5.41, 5.74) is 1.56. The summed E-state index contributed by atoms with van der Waals surface area (Å²) >= 11 is 6.11. The summed E-state index contributed by atoms with van der Waals surface area (Å²) in [5.74, 6) is -1.22. The van der Waals surface area contributed by atoms with Gasteiger partial charge in [-0.2, -0.15) is 5.10 Å². The van der Waals surface area contributed by atoms with Gasteiger partial charge in [0.1, 0.15) is 0 Å². The van der Waals surface area contributed by atoms with E-state index in [4.69, 9.17) is 16.7 Å². The van der Waals surface area contributed by atoms with Gasteiger partial charge in [0.2, 0.25) is 5.91 Å². The Hall–Kier alpha value is -2.34. The van der Waals surface area contributed by atoms with Crippen molar-refractivity contribution in [2.24, 2.45) is 7.05 Å². The zero-order valence-corrected chi connectivity index (χ0v) is 13.5. The molecule has 122 valence electrons. The van der Waals surface area contributed by atoms with Crippen molar-refractivity contribution in [1.29, 1.82) is 0 Å². The van der Waals surface area contributed by atoms with E-state index in [-0.39, 0.29) is 18.7 Å². The maximum absolute atomic E-state index is 12.1. The van der Waals surface area contributed by atoms with Crippen molar-refractivity contribution in [2.75, 3.05) is 0 Å². The molecular weight excluding hydrogens is 318 g/mol. The predicted octanol–water partition coefficient (Wildman–Crippen LogP) is 2.34. The van der Waals surface area contributed by atoms with Crippen molar-refractivity contribution in [3.63, 3.8) is 0 Å². The van der Waals surface area contributed by atoms with Crippen molar-refractivity contribution in [3.8, 4) is 0 Å². The molecule has 1 heterocycles. The lowest BCUT2D eigenvalue weighted by atomic mass is 10.0. The largest absolute Gasteiger partial charge is 0.481 e. The highest BCUT2D eigenvalue weighted by atomic mass is 35.5. The first-order chi connectivity index (χ1) is 11.0. The van der Waals surface area contributed by atoms with Gasteiger partial charge in [-0.3, -0.25) is 14.3 Å². The Bertz CT molecular complexity index is 699. The van der Waals surface area contributed by atoms with Crippen LogP contribution in [-0.2, 0) is 23.1 Å². The molecule has 2 rings (SSSR count). The van der Waals surface area contributed by atoms with Gasteiger partial charge in [0.25, 0.3) is 0 Å². The number of benzene rings is 1. The molecule has 0 radical (unpaired) electrons. The van der Waals surface area contributed by atoms with E-state index in [0.29, 0.717) is 17.0 Å². The van der Waals surface area contributed by atoms with Crippen LogP contribution in [0, 0.1) is 0 Å². The molecule has 0 fully saturated rings. The molecule has 7 heteroatoms. The van der Waals surface area contributed by atoms with Crippen LogP contribution in [0.4, 0.5) is 0 Å². The second-order valence-electron chi connectivity index (χ2n) is 5.26. The smallest absolute Gasteiger partial charge is 0.305 e. The van der Waals surface area contributed by atoms with E-state index in [0.717, 1.165) is 5.56 Å². The first-order valence-corrected chi connectivity index (χ1v) is 7.56. The molecule has 0 saturated carbocycles. The van der Waals surface area contributed by atoms with Crippen LogP contribution in [0.5, 0.6) is 0 Å². The van der Waals surface area contributed by atoms with E-state index < -0.39 is 12.0 Å². The number of halogens is 1. The number of rotatable bonds is 7. The van der Waals surface area contributed by atoms with Gasteiger partial charge in [0.05, 0.1) is 18.7 Å². The average molecular weight is 336 g/mol. The van der Waals surface area contributed by atoms with Crippen LogP contribution in [0.1, 0.15) is 30.0 Å². The van der Waals surface area contributed by atoms with Gasteiger partial charge in [-0.25, -0.2) is 0 Å². The number of amides is 1. The Morgan fingerprint density at radius 2 is 2.13 bits per heavy atom. The number of carbonyl (C=O) groups is 2. The van der Waals surface area contributed by atoms with E-state index in [1.807, 2.05) is 13.2 Å². The second kappa shape index (κ2) is 7.78. The third-order valence-electron chi connectivity index (χ3n) is 3.39. The number of hydrogen-bond donors (Lipinski definition) is 2. The fourth-order valence-electron chi connectivity index (χ4n) is 2.30. The molecule has 1 aromatic carbocycles. The monoisotopic (exact) mass is 335 g/mol. The lowest BCUT2D eigenvalue weighted by Crippen LogP contribution is -2.30. The third kappa shape index (κ3) is 5.10. The summed E-state index contributed by atoms with van der Waals surface area (Å²) in [5, 5.41) is 16.3. The molecule has 0 bridgehead atoms. The number of aromatic nitrogens is 2. The van der Waals surface area contributed by atoms with E-state index in [2.05, 4.69) is 10.4 Å². The van der Waals surface area contributed by atoms with Gasteiger partial charge in [-0.1, -0.05) is 29.8 Å². The molecule has 6 nitrogen and oxygen atoms in total. The van der Waals surface area contributed by atoms with Crippen molar-refractivity contribution >= 4 is 23.5 Å². The lowest BCUT2D eigenvalue weighted by Gasteiger charge is -2.18. The summed E-state index contributed by atoms with van der Waals surface area (Å²) in [6, 6.07) is 6.26. The molecule has 0 aliphatic rings. The molecule has 0 unspecified atom stereocenters. The van der Waals surface area contributed by atoms with Crippen LogP contribution in [0.25, 0.3) is 0 Å². The first kappa shape index (κ1) is 17.0. The Morgan fingerprint density at radius 3 is 2.74 bits per heavy atom. The van der Waals surface area contributed by atoms with Crippen LogP contribution >= 0.6 is 11.6 Å². The van der Waals surface area contributed by atoms with E-state index in [9.17, 15) is 9.59 Å². The molecule has 2 N–H and O–H groups in total. The SMILES string of the molecule is Cn1cc(CCC(=O)N[C@@H](CC(=O)O)c2ccccc2Cl)cn1. The van der Waals surface area contributed by atoms with Crippen LogP contribution < -0.4 is 5.32 Å². The van der Waals surface area contributed by atoms with Crippen LogP contribution in [0.2, 0.25) is 5.02 Å². The zero-order chi connectivity index (χ0) is 16.8. The van der Waals surface area contributed by atoms with E-state index in [1.165, 1.54) is 0 Å². The highest BCUT2D eigenvalue weighted by molar-refractivity contribution is 6.31. The van der Waals surface area contributed by atoms with Gasteiger partial charge in [-0.05, 0) is 23.6 Å². The van der Waals surface area contributed by atoms with E-state index >= 15 is 0 Å². The quantitative estimate of drug-likeness (QED) is 0.813. The summed E-state index contributed by atoms with van der Waals surface area (Å²) in [6.45, 7) is 0. The van der Waals surface area contributed by atoms with Crippen molar-refractivity contribution < 1.29 is 14.7 Å². The highest BCUT2D eigenvalue weighted by Gasteiger charge is 2.20. The average Bonchev–Trinajstić information content (AvgIpc) is 2.90. The fourth-order valence-corrected chi connectivity index (χ4v) is 2.56. The molecule has 1 atom stereocenters. The van der Waals surface area contributed by atoms with E-state index in [1.54, 1.807) is 35.1 Å². The fraction of sp³-hybridized carbons (Fsp3) is 0.312. The van der Waals surface area contributed by atoms with Crippen LogP contribution in [0.3, 0.4) is 0 Å². The first-order valence-electron chi connectivity index (χ1n) is 7.19. The van der Waals surface area contributed by atoms with Gasteiger partial charge in [-0.15, -0.1) is 0 Å². The predicted molar refractivity (Wildman–Crippen MR) is 86.1 cm³/mol. The highest BCUT2D eigenvalue weighted by Crippen LogP contribution is 2.25. The summed E-state index contributed by atoms with van der Waals surface area (Å²) in [4.78, 5) is 23.2. The second-order valence-corrected chi connectivity index (χ2v) is 5.67. The number of carbonyl (C=O) groups excluding carboxylic acids is 1.